The van der Waals surface area contributed by atoms with Crippen LogP contribution in [0.25, 0.3) is 10.6 Å². The molecule has 1 saturated carbocycles. The highest BCUT2D eigenvalue weighted by Gasteiger charge is 2.24. The maximum absolute atomic E-state index is 4.82. The van der Waals surface area contributed by atoms with Crippen molar-refractivity contribution in [2.75, 3.05) is 6.54 Å². The first-order valence-corrected chi connectivity index (χ1v) is 7.51. The average Bonchev–Trinajstić information content (AvgIpc) is 3.18. The molecule has 2 aromatic rings. The maximum atomic E-state index is 4.82. The fourth-order valence-corrected chi connectivity index (χ4v) is 3.67. The number of hydrogen-bond acceptors (Lipinski definition) is 3. The van der Waals surface area contributed by atoms with Gasteiger partial charge in [0.2, 0.25) is 0 Å². The van der Waals surface area contributed by atoms with Gasteiger partial charge in [0, 0.05) is 30.0 Å². The quantitative estimate of drug-likeness (QED) is 0.891. The summed E-state index contributed by atoms with van der Waals surface area (Å²) in [5, 5.41) is 4.62. The van der Waals surface area contributed by atoms with E-state index in [-0.39, 0.29) is 0 Å². The first-order chi connectivity index (χ1) is 8.90. The number of rotatable bonds is 2. The number of thiazole rings is 1. The van der Waals surface area contributed by atoms with Crippen molar-refractivity contribution in [3.63, 3.8) is 0 Å². The van der Waals surface area contributed by atoms with Crippen LogP contribution in [0.3, 0.4) is 0 Å². The number of hydrogen-bond donors (Lipinski definition) is 1. The molecule has 0 bridgehead atoms. The predicted molar refractivity (Wildman–Crippen MR) is 74.9 cm³/mol. The van der Waals surface area contributed by atoms with E-state index in [0.717, 1.165) is 25.4 Å². The van der Waals surface area contributed by atoms with Gasteiger partial charge in [0.25, 0.3) is 0 Å². The van der Waals surface area contributed by atoms with Crippen LogP contribution >= 0.6 is 11.3 Å². The van der Waals surface area contributed by atoms with E-state index in [4.69, 9.17) is 4.98 Å². The van der Waals surface area contributed by atoms with Crippen LogP contribution in [0.4, 0.5) is 0 Å². The molecule has 0 spiro atoms. The molecule has 92 valence electrons. The third-order valence-electron chi connectivity index (χ3n) is 3.78. The zero-order chi connectivity index (χ0) is 11.9. The van der Waals surface area contributed by atoms with Gasteiger partial charge in [-0.1, -0.05) is 18.2 Å². The molecule has 0 saturated heterocycles. The minimum absolute atomic E-state index is 0.821. The molecule has 2 heterocycles. The summed E-state index contributed by atoms with van der Waals surface area (Å²) < 4.78 is 0. The summed E-state index contributed by atoms with van der Waals surface area (Å²) >= 11 is 1.86. The van der Waals surface area contributed by atoms with Gasteiger partial charge in [-0.2, -0.15) is 0 Å². The molecule has 1 aliphatic carbocycles. The topological polar surface area (TPSA) is 24.9 Å². The molecule has 1 aromatic heterocycles. The molecule has 1 aromatic carbocycles. The number of fused-ring (bicyclic) bond motifs is 1. The van der Waals surface area contributed by atoms with Crippen molar-refractivity contribution in [3.8, 4) is 10.6 Å². The zero-order valence-electron chi connectivity index (χ0n) is 10.3. The Morgan fingerprint density at radius 3 is 3.06 bits per heavy atom. The Kier molecular flexibility index (Phi) is 2.49. The van der Waals surface area contributed by atoms with Crippen molar-refractivity contribution < 1.29 is 0 Å². The standard InChI is InChI=1S/C15H16N2S/c1-2-11(10-4-5-10)8-12(3-1)15-17-13-6-7-16-9-14(13)18-15/h1-3,8,10,16H,4-7,9H2. The Bertz CT molecular complexity index is 560. The fourth-order valence-electron chi connectivity index (χ4n) is 2.59. The molecule has 2 nitrogen and oxygen atoms in total. The summed E-state index contributed by atoms with van der Waals surface area (Å²) in [5.74, 6) is 0.821. The first-order valence-electron chi connectivity index (χ1n) is 6.70. The van der Waals surface area contributed by atoms with Gasteiger partial charge in [0.15, 0.2) is 0 Å². The minimum atomic E-state index is 0.821. The van der Waals surface area contributed by atoms with Gasteiger partial charge in [-0.25, -0.2) is 4.98 Å². The highest BCUT2D eigenvalue weighted by Crippen LogP contribution is 2.41. The molecule has 1 N–H and O–H groups in total. The van der Waals surface area contributed by atoms with Crippen LogP contribution in [0.1, 0.15) is 34.9 Å². The summed E-state index contributed by atoms with van der Waals surface area (Å²) in [4.78, 5) is 6.24. The number of nitrogens with one attached hydrogen (secondary N) is 1. The van der Waals surface area contributed by atoms with Crippen LogP contribution in [0.5, 0.6) is 0 Å². The Balaban J connectivity index is 1.73. The van der Waals surface area contributed by atoms with Crippen LogP contribution < -0.4 is 5.32 Å². The molecule has 2 aliphatic rings. The SMILES string of the molecule is c1cc(-c2nc3c(s2)CNCC3)cc(C2CC2)c1. The molecule has 1 fully saturated rings. The average molecular weight is 256 g/mol. The monoisotopic (exact) mass is 256 g/mol. The van der Waals surface area contributed by atoms with Crippen LogP contribution in [-0.2, 0) is 13.0 Å². The molecule has 3 heteroatoms. The molecule has 0 atom stereocenters. The molecule has 0 unspecified atom stereocenters. The van der Waals surface area contributed by atoms with E-state index in [2.05, 4.69) is 29.6 Å². The molecule has 0 radical (unpaired) electrons. The fraction of sp³-hybridized carbons (Fsp3) is 0.400. The number of benzene rings is 1. The first kappa shape index (κ1) is 10.7. The lowest BCUT2D eigenvalue weighted by atomic mass is 10.1. The Labute approximate surface area is 111 Å². The lowest BCUT2D eigenvalue weighted by Crippen LogP contribution is -2.22. The third-order valence-corrected chi connectivity index (χ3v) is 4.93. The van der Waals surface area contributed by atoms with Gasteiger partial charge in [0.05, 0.1) is 5.69 Å². The smallest absolute Gasteiger partial charge is 0.123 e. The van der Waals surface area contributed by atoms with E-state index in [0.29, 0.717) is 0 Å². The lowest BCUT2D eigenvalue weighted by molar-refractivity contribution is 0.644. The van der Waals surface area contributed by atoms with E-state index in [1.165, 1.54) is 39.5 Å². The molecule has 1 aliphatic heterocycles. The van der Waals surface area contributed by atoms with E-state index >= 15 is 0 Å². The third kappa shape index (κ3) is 1.88. The summed E-state index contributed by atoms with van der Waals surface area (Å²) in [6, 6.07) is 8.98. The highest BCUT2D eigenvalue weighted by atomic mass is 32.1. The summed E-state index contributed by atoms with van der Waals surface area (Å²) in [7, 11) is 0. The van der Waals surface area contributed by atoms with E-state index in [1.54, 1.807) is 0 Å². The van der Waals surface area contributed by atoms with Gasteiger partial charge in [-0.3, -0.25) is 0 Å². The van der Waals surface area contributed by atoms with E-state index in [9.17, 15) is 0 Å². The van der Waals surface area contributed by atoms with Crippen LogP contribution in [-0.4, -0.2) is 11.5 Å². The Morgan fingerprint density at radius 1 is 1.28 bits per heavy atom. The van der Waals surface area contributed by atoms with Gasteiger partial charge in [-0.05, 0) is 30.4 Å². The maximum Gasteiger partial charge on any atom is 0.123 e. The second-order valence-electron chi connectivity index (χ2n) is 5.22. The Hall–Kier alpha value is -1.19. The normalized spacial score (nSPS) is 18.7. The van der Waals surface area contributed by atoms with Crippen molar-refractivity contribution in [3.05, 3.63) is 40.4 Å². The highest BCUT2D eigenvalue weighted by molar-refractivity contribution is 7.15. The summed E-state index contributed by atoms with van der Waals surface area (Å²) in [6.07, 6.45) is 3.80. The van der Waals surface area contributed by atoms with Crippen molar-refractivity contribution >= 4 is 11.3 Å². The van der Waals surface area contributed by atoms with Crippen molar-refractivity contribution in [1.82, 2.24) is 10.3 Å². The summed E-state index contributed by atoms with van der Waals surface area (Å²) in [6.45, 7) is 2.06. The largest absolute Gasteiger partial charge is 0.311 e. The molecule has 4 rings (SSSR count). The van der Waals surface area contributed by atoms with Crippen LogP contribution in [0, 0.1) is 0 Å². The van der Waals surface area contributed by atoms with Crippen molar-refractivity contribution in [1.29, 1.82) is 0 Å². The number of aromatic nitrogens is 1. The lowest BCUT2D eigenvalue weighted by Gasteiger charge is -2.09. The van der Waals surface area contributed by atoms with Crippen molar-refractivity contribution in [2.24, 2.45) is 0 Å². The van der Waals surface area contributed by atoms with Crippen LogP contribution in [0.15, 0.2) is 24.3 Å². The van der Waals surface area contributed by atoms with Crippen molar-refractivity contribution in [2.45, 2.75) is 31.7 Å². The number of nitrogens with zero attached hydrogens (tertiary/aromatic N) is 1. The minimum Gasteiger partial charge on any atom is -0.311 e. The predicted octanol–water partition coefficient (Wildman–Crippen LogP) is 3.33. The second kappa shape index (κ2) is 4.18. The van der Waals surface area contributed by atoms with Gasteiger partial charge in [-0.15, -0.1) is 11.3 Å². The van der Waals surface area contributed by atoms with E-state index in [1.807, 2.05) is 11.3 Å². The van der Waals surface area contributed by atoms with E-state index < -0.39 is 0 Å². The van der Waals surface area contributed by atoms with Crippen LogP contribution in [0.2, 0.25) is 0 Å². The molecule has 0 amide bonds. The Morgan fingerprint density at radius 2 is 2.22 bits per heavy atom. The second-order valence-corrected chi connectivity index (χ2v) is 6.30. The molecular formula is C15H16N2S. The van der Waals surface area contributed by atoms with Gasteiger partial charge < -0.3 is 5.32 Å². The summed E-state index contributed by atoms with van der Waals surface area (Å²) in [5.41, 5.74) is 4.11. The van der Waals surface area contributed by atoms with Gasteiger partial charge in [0.1, 0.15) is 5.01 Å². The molecule has 18 heavy (non-hydrogen) atoms. The van der Waals surface area contributed by atoms with Gasteiger partial charge >= 0.3 is 0 Å². The zero-order valence-corrected chi connectivity index (χ0v) is 11.1. The molecular weight excluding hydrogens is 240 g/mol.